The summed E-state index contributed by atoms with van der Waals surface area (Å²) in [6.45, 7) is 2.77. The van der Waals surface area contributed by atoms with E-state index in [0.717, 1.165) is 24.6 Å². The number of thioether (sulfide) groups is 1. The summed E-state index contributed by atoms with van der Waals surface area (Å²) < 4.78 is 5.10. The van der Waals surface area contributed by atoms with Crippen molar-refractivity contribution >= 4 is 23.7 Å². The Bertz CT molecular complexity index is 417. The minimum absolute atomic E-state index is 0.341. The lowest BCUT2D eigenvalue weighted by Gasteiger charge is -2.13. The molecular weight excluding hydrogens is 262 g/mol. The highest BCUT2D eigenvalue weighted by Gasteiger charge is 2.24. The summed E-state index contributed by atoms with van der Waals surface area (Å²) in [5, 5.41) is 7.21. The second-order valence-electron chi connectivity index (χ2n) is 4.51. The van der Waals surface area contributed by atoms with Gasteiger partial charge >= 0.3 is 6.01 Å². The third kappa shape index (κ3) is 3.86. The van der Waals surface area contributed by atoms with Gasteiger partial charge in [0.1, 0.15) is 0 Å². The molecule has 1 heterocycles. The molecule has 0 amide bonds. The molecule has 0 saturated heterocycles. The average molecular weight is 283 g/mol. The normalized spacial score (nSPS) is 22.3. The molecule has 7 heteroatoms. The Morgan fingerprint density at radius 2 is 2.05 bits per heavy atom. The highest BCUT2D eigenvalue weighted by Crippen LogP contribution is 2.29. The van der Waals surface area contributed by atoms with E-state index in [2.05, 4.69) is 31.8 Å². The molecule has 1 aromatic rings. The van der Waals surface area contributed by atoms with Gasteiger partial charge in [0, 0.05) is 17.8 Å². The summed E-state index contributed by atoms with van der Waals surface area (Å²) in [5.41, 5.74) is 0. The van der Waals surface area contributed by atoms with Crippen molar-refractivity contribution in [2.75, 3.05) is 30.5 Å². The third-order valence-corrected chi connectivity index (χ3v) is 4.28. The van der Waals surface area contributed by atoms with E-state index in [9.17, 15) is 0 Å². The van der Waals surface area contributed by atoms with Crippen molar-refractivity contribution in [2.24, 2.45) is 0 Å². The Hall–Kier alpha value is -1.24. The fourth-order valence-corrected chi connectivity index (χ4v) is 3.01. The third-order valence-electron chi connectivity index (χ3n) is 3.18. The van der Waals surface area contributed by atoms with Crippen molar-refractivity contribution in [3.63, 3.8) is 0 Å². The Balaban J connectivity index is 2.04. The highest BCUT2D eigenvalue weighted by atomic mass is 32.2. The molecule has 106 valence electrons. The fraction of sp³-hybridized carbons (Fsp3) is 0.750. The van der Waals surface area contributed by atoms with E-state index < -0.39 is 0 Å². The van der Waals surface area contributed by atoms with E-state index in [4.69, 9.17) is 4.74 Å². The number of anilines is 2. The van der Waals surface area contributed by atoms with Crippen LogP contribution in [0.2, 0.25) is 0 Å². The maximum atomic E-state index is 5.10. The molecule has 2 atom stereocenters. The number of rotatable bonds is 6. The minimum atomic E-state index is 0.341. The average Bonchev–Trinajstić information content (AvgIpc) is 2.86. The van der Waals surface area contributed by atoms with Gasteiger partial charge in [0.2, 0.25) is 11.9 Å². The molecule has 2 unspecified atom stereocenters. The summed E-state index contributed by atoms with van der Waals surface area (Å²) >= 11 is 1.94. The molecule has 1 aliphatic rings. The SMILES string of the molecule is CCNc1nc(NC2CCC(SC)C2)nc(OC)n1. The summed E-state index contributed by atoms with van der Waals surface area (Å²) in [6.07, 6.45) is 5.74. The van der Waals surface area contributed by atoms with Crippen molar-refractivity contribution in [3.8, 4) is 6.01 Å². The van der Waals surface area contributed by atoms with Gasteiger partial charge in [-0.1, -0.05) is 0 Å². The largest absolute Gasteiger partial charge is 0.467 e. The number of methoxy groups -OCH3 is 1. The first-order valence-electron chi connectivity index (χ1n) is 6.58. The minimum Gasteiger partial charge on any atom is -0.467 e. The van der Waals surface area contributed by atoms with Gasteiger partial charge in [-0.3, -0.25) is 0 Å². The Labute approximate surface area is 118 Å². The van der Waals surface area contributed by atoms with Gasteiger partial charge in [-0.25, -0.2) is 0 Å². The molecule has 0 spiro atoms. The van der Waals surface area contributed by atoms with Gasteiger partial charge in [-0.05, 0) is 32.4 Å². The summed E-state index contributed by atoms with van der Waals surface area (Å²) in [7, 11) is 1.56. The highest BCUT2D eigenvalue weighted by molar-refractivity contribution is 7.99. The lowest BCUT2D eigenvalue weighted by atomic mass is 10.2. The molecule has 1 aromatic heterocycles. The van der Waals surface area contributed by atoms with Gasteiger partial charge in [-0.15, -0.1) is 0 Å². The van der Waals surface area contributed by atoms with Gasteiger partial charge in [0.25, 0.3) is 0 Å². The monoisotopic (exact) mass is 283 g/mol. The van der Waals surface area contributed by atoms with Gasteiger partial charge in [0.15, 0.2) is 0 Å². The first-order valence-corrected chi connectivity index (χ1v) is 7.87. The second-order valence-corrected chi connectivity index (χ2v) is 5.65. The van der Waals surface area contributed by atoms with Crippen molar-refractivity contribution in [2.45, 2.75) is 37.5 Å². The van der Waals surface area contributed by atoms with Crippen LogP contribution in [0.15, 0.2) is 0 Å². The maximum absolute atomic E-state index is 5.10. The molecule has 2 N–H and O–H groups in total. The molecule has 0 aromatic carbocycles. The molecule has 19 heavy (non-hydrogen) atoms. The summed E-state index contributed by atoms with van der Waals surface area (Å²) in [5.74, 6) is 1.14. The van der Waals surface area contributed by atoms with Crippen LogP contribution in [0.25, 0.3) is 0 Å². The standard InChI is InChI=1S/C12H21N5OS/c1-4-13-10-15-11(17-12(16-10)18-2)14-8-5-6-9(7-8)19-3/h8-9H,4-7H2,1-3H3,(H2,13,14,15,16,17). The number of hydrogen-bond donors (Lipinski definition) is 2. The number of nitrogens with zero attached hydrogens (tertiary/aromatic N) is 3. The van der Waals surface area contributed by atoms with Crippen molar-refractivity contribution in [1.29, 1.82) is 0 Å². The Morgan fingerprint density at radius 3 is 2.68 bits per heavy atom. The van der Waals surface area contributed by atoms with E-state index in [1.807, 2.05) is 18.7 Å². The lowest BCUT2D eigenvalue weighted by molar-refractivity contribution is 0.379. The van der Waals surface area contributed by atoms with Crippen LogP contribution in [-0.4, -0.2) is 46.2 Å². The van der Waals surface area contributed by atoms with Gasteiger partial charge in [0.05, 0.1) is 7.11 Å². The van der Waals surface area contributed by atoms with Crippen LogP contribution < -0.4 is 15.4 Å². The molecule has 0 aliphatic heterocycles. The number of ether oxygens (including phenoxy) is 1. The van der Waals surface area contributed by atoms with Gasteiger partial charge in [-0.2, -0.15) is 26.7 Å². The number of hydrogen-bond acceptors (Lipinski definition) is 7. The maximum Gasteiger partial charge on any atom is 0.322 e. The molecular formula is C12H21N5OS. The molecule has 1 aliphatic carbocycles. The van der Waals surface area contributed by atoms with Crippen LogP contribution in [-0.2, 0) is 0 Å². The zero-order chi connectivity index (χ0) is 13.7. The summed E-state index contributed by atoms with van der Waals surface area (Å²) in [4.78, 5) is 12.7. The van der Waals surface area contributed by atoms with Gasteiger partial charge < -0.3 is 15.4 Å². The van der Waals surface area contributed by atoms with E-state index >= 15 is 0 Å². The van der Waals surface area contributed by atoms with Crippen LogP contribution in [0.5, 0.6) is 6.01 Å². The predicted octanol–water partition coefficient (Wildman–Crippen LogP) is 2.01. The molecule has 2 rings (SSSR count). The lowest BCUT2D eigenvalue weighted by Crippen LogP contribution is -2.19. The number of nitrogens with one attached hydrogen (secondary N) is 2. The zero-order valence-corrected chi connectivity index (χ0v) is 12.5. The predicted molar refractivity (Wildman–Crippen MR) is 79.1 cm³/mol. The van der Waals surface area contributed by atoms with E-state index in [1.54, 1.807) is 7.11 Å². The van der Waals surface area contributed by atoms with Crippen LogP contribution >= 0.6 is 11.8 Å². The van der Waals surface area contributed by atoms with E-state index in [-0.39, 0.29) is 0 Å². The van der Waals surface area contributed by atoms with E-state index in [0.29, 0.717) is 23.9 Å². The Morgan fingerprint density at radius 1 is 1.26 bits per heavy atom. The van der Waals surface area contributed by atoms with E-state index in [1.165, 1.54) is 6.42 Å². The fourth-order valence-electron chi connectivity index (χ4n) is 2.22. The first kappa shape index (κ1) is 14.2. The van der Waals surface area contributed by atoms with Crippen molar-refractivity contribution in [3.05, 3.63) is 0 Å². The molecule has 6 nitrogen and oxygen atoms in total. The smallest absolute Gasteiger partial charge is 0.322 e. The Kier molecular flexibility index (Phi) is 5.07. The second kappa shape index (κ2) is 6.79. The quantitative estimate of drug-likeness (QED) is 0.827. The van der Waals surface area contributed by atoms with Crippen LogP contribution in [0.3, 0.4) is 0 Å². The summed E-state index contributed by atoms with van der Waals surface area (Å²) in [6, 6.07) is 0.784. The first-order chi connectivity index (χ1) is 9.25. The van der Waals surface area contributed by atoms with Crippen molar-refractivity contribution in [1.82, 2.24) is 15.0 Å². The molecule has 1 fully saturated rings. The van der Waals surface area contributed by atoms with Crippen LogP contribution in [0, 0.1) is 0 Å². The number of aromatic nitrogens is 3. The molecule has 0 bridgehead atoms. The topological polar surface area (TPSA) is 72.0 Å². The van der Waals surface area contributed by atoms with Crippen LogP contribution in [0.4, 0.5) is 11.9 Å². The zero-order valence-electron chi connectivity index (χ0n) is 11.6. The molecule has 1 saturated carbocycles. The van der Waals surface area contributed by atoms with Crippen molar-refractivity contribution < 1.29 is 4.74 Å². The molecule has 0 radical (unpaired) electrons. The van der Waals surface area contributed by atoms with Crippen LogP contribution in [0.1, 0.15) is 26.2 Å².